The topological polar surface area (TPSA) is 114 Å². The standard InChI is InChI=1S/C46H31N3O.C31H29BO3.C21H14BrN3.B/c1-5-15-33(16-6-1)43-47-44(34-17-7-2-8-18-34)49-45(48-43)35-27-25-32(26-28-35)36-29-30-40-42(31-36)50-41-24-14-13-23-39(41)46(40,37-19-9-3-10-20-37)38-21-11-4-12-22-38;1-29(2)30(3,4)35-32(34-29)24-19-20-26-28(21-24)33-27-18-12-11-17-25(27)31(26,22-13-7-5-8-14-22)23-15-9-6-10-16-23;22-18-13-11-17(12-14-18)21-24-19(15-7-3-1-4-8-15)23-20(25-21)16-9-5-2-6-10-16;/h1-31H;5-21H,1-4H3;1-14H;. The minimum absolute atomic E-state index is 0. The number of halogens is 1. The summed E-state index contributed by atoms with van der Waals surface area (Å²) in [4.78, 5) is 28.7. The lowest BCUT2D eigenvalue weighted by atomic mass is 9.63. The molecule has 3 radical (unpaired) electrons. The average Bonchev–Trinajstić information content (AvgIpc) is 1.00. The summed E-state index contributed by atoms with van der Waals surface area (Å²) in [5.41, 5.74) is 16.2. The first-order chi connectivity index (χ1) is 53.9. The highest BCUT2D eigenvalue weighted by atomic mass is 79.9. The maximum atomic E-state index is 6.71. The first-order valence-electron chi connectivity index (χ1n) is 36.9. The molecule has 1 fully saturated rings. The van der Waals surface area contributed by atoms with Gasteiger partial charge in [-0.05, 0) is 103 Å². The van der Waals surface area contributed by atoms with Gasteiger partial charge in [-0.1, -0.05) is 356 Å². The molecule has 0 saturated carbocycles. The second-order valence-electron chi connectivity index (χ2n) is 28.4. The van der Waals surface area contributed by atoms with Crippen LogP contribution in [-0.2, 0) is 20.1 Å². The summed E-state index contributed by atoms with van der Waals surface area (Å²) in [6.07, 6.45) is 0. The molecule has 0 unspecified atom stereocenters. The summed E-state index contributed by atoms with van der Waals surface area (Å²) in [7, 11) is -0.450. The lowest BCUT2D eigenvalue weighted by Crippen LogP contribution is -2.41. The Morgan fingerprint density at radius 3 is 0.838 bits per heavy atom. The molecular formula is C98H74B2BrN6O4. The van der Waals surface area contributed by atoms with Gasteiger partial charge < -0.3 is 18.8 Å². The van der Waals surface area contributed by atoms with Gasteiger partial charge in [0.05, 0.1) is 22.0 Å². The minimum Gasteiger partial charge on any atom is -0.457 e. The first kappa shape index (κ1) is 72.4. The van der Waals surface area contributed by atoms with Gasteiger partial charge in [0.2, 0.25) is 0 Å². The summed E-state index contributed by atoms with van der Waals surface area (Å²) in [6, 6.07) is 129. The molecule has 0 atom stereocenters. The van der Waals surface area contributed by atoms with E-state index in [1.54, 1.807) is 0 Å². The Labute approximate surface area is 658 Å². The Morgan fingerprint density at radius 1 is 0.243 bits per heavy atom. The smallest absolute Gasteiger partial charge is 0.457 e. The van der Waals surface area contributed by atoms with Crippen LogP contribution < -0.4 is 14.9 Å². The number of rotatable bonds is 12. The summed E-state index contributed by atoms with van der Waals surface area (Å²) in [5, 5.41) is 0. The third-order valence-electron chi connectivity index (χ3n) is 21.1. The van der Waals surface area contributed by atoms with E-state index in [4.69, 9.17) is 43.7 Å². The second kappa shape index (κ2) is 31.1. The number of hydrogen-bond acceptors (Lipinski definition) is 10. The van der Waals surface area contributed by atoms with Crippen LogP contribution in [0.4, 0.5) is 0 Å². The van der Waals surface area contributed by atoms with Crippen molar-refractivity contribution in [3.8, 4) is 102 Å². The zero-order valence-corrected chi connectivity index (χ0v) is 63.2. The Kier molecular flexibility index (Phi) is 20.3. The van der Waals surface area contributed by atoms with E-state index in [0.29, 0.717) is 34.9 Å². The van der Waals surface area contributed by atoms with E-state index in [9.17, 15) is 0 Å². The van der Waals surface area contributed by atoms with Crippen LogP contribution in [0.1, 0.15) is 72.2 Å². The van der Waals surface area contributed by atoms with Crippen LogP contribution in [0.2, 0.25) is 0 Å². The van der Waals surface area contributed by atoms with Gasteiger partial charge in [0, 0.05) is 68.5 Å². The quantitative estimate of drug-likeness (QED) is 0.110. The molecule has 0 amide bonds. The van der Waals surface area contributed by atoms with Crippen LogP contribution >= 0.6 is 15.9 Å². The highest BCUT2D eigenvalue weighted by Gasteiger charge is 2.53. The van der Waals surface area contributed by atoms with E-state index < -0.39 is 29.2 Å². The van der Waals surface area contributed by atoms with Gasteiger partial charge >= 0.3 is 7.12 Å². The molecule has 16 aromatic rings. The van der Waals surface area contributed by atoms with Crippen molar-refractivity contribution >= 4 is 36.9 Å². The minimum atomic E-state index is -0.541. The molecule has 1 saturated heterocycles. The van der Waals surface area contributed by atoms with Crippen molar-refractivity contribution in [1.29, 1.82) is 0 Å². The van der Waals surface area contributed by atoms with Crippen LogP contribution in [-0.4, -0.2) is 56.6 Å². The number of benzene rings is 14. The van der Waals surface area contributed by atoms with Gasteiger partial charge in [-0.15, -0.1) is 0 Å². The van der Waals surface area contributed by atoms with Crippen LogP contribution in [0.5, 0.6) is 23.0 Å². The third kappa shape index (κ3) is 14.1. The van der Waals surface area contributed by atoms with E-state index in [0.717, 1.165) is 99.7 Å². The lowest BCUT2D eigenvalue weighted by Gasteiger charge is -2.41. The van der Waals surface area contributed by atoms with E-state index >= 15 is 0 Å². The van der Waals surface area contributed by atoms with Crippen molar-refractivity contribution in [2.24, 2.45) is 0 Å². The Hall–Kier alpha value is -12.8. The maximum Gasteiger partial charge on any atom is 0.494 e. The van der Waals surface area contributed by atoms with E-state index in [1.165, 1.54) is 22.3 Å². The van der Waals surface area contributed by atoms with Crippen LogP contribution in [0, 0.1) is 0 Å². The summed E-state index contributed by atoms with van der Waals surface area (Å²) in [6.45, 7) is 8.31. The highest BCUT2D eigenvalue weighted by molar-refractivity contribution is 9.10. The molecule has 0 N–H and O–H groups in total. The van der Waals surface area contributed by atoms with E-state index in [-0.39, 0.29) is 8.41 Å². The number of para-hydroxylation sites is 2. The zero-order chi connectivity index (χ0) is 74.7. The molecule has 3 aliphatic heterocycles. The fourth-order valence-electron chi connectivity index (χ4n) is 15.0. The number of hydrogen-bond donors (Lipinski definition) is 0. The molecule has 0 bridgehead atoms. The fourth-order valence-corrected chi connectivity index (χ4v) is 15.3. The molecule has 111 heavy (non-hydrogen) atoms. The van der Waals surface area contributed by atoms with Crippen LogP contribution in [0.15, 0.2) is 381 Å². The van der Waals surface area contributed by atoms with Gasteiger partial charge in [0.25, 0.3) is 0 Å². The number of nitrogens with zero attached hydrogens (tertiary/aromatic N) is 6. The van der Waals surface area contributed by atoms with Crippen molar-refractivity contribution in [3.05, 3.63) is 425 Å². The largest absolute Gasteiger partial charge is 0.494 e. The first-order valence-corrected chi connectivity index (χ1v) is 37.7. The maximum absolute atomic E-state index is 6.71. The highest BCUT2D eigenvalue weighted by Crippen LogP contribution is 2.57. The van der Waals surface area contributed by atoms with Gasteiger partial charge in [-0.2, -0.15) is 0 Å². The number of fused-ring (bicyclic) bond motifs is 4. The third-order valence-corrected chi connectivity index (χ3v) is 21.7. The molecule has 2 aromatic heterocycles. The number of ether oxygens (including phenoxy) is 2. The molecule has 0 aliphatic carbocycles. The number of aromatic nitrogens is 6. The second-order valence-corrected chi connectivity index (χ2v) is 29.3. The van der Waals surface area contributed by atoms with Crippen molar-refractivity contribution in [2.75, 3.05) is 0 Å². The SMILES string of the molecule is Brc1ccc(-c2nc(-c3ccccc3)nc(-c3ccccc3)n2)cc1.CC1(C)OB(c2ccc3c(c2)Oc2ccccc2C3(c2ccccc2)c2ccccc2)OC1(C)C.[B].c1ccc(-c2nc(-c3ccccc3)nc(-c3ccc(-c4ccc5c(c4)Oc4ccccc4C5(c4ccccc4)c4ccccc4)cc3)n2)cc1. The Balaban J connectivity index is 0.000000134. The average molecular weight is 1500 g/mol. The molecule has 10 nitrogen and oxygen atoms in total. The summed E-state index contributed by atoms with van der Waals surface area (Å²) >= 11 is 3.47. The molecule has 19 rings (SSSR count). The van der Waals surface area contributed by atoms with Gasteiger partial charge in [-0.25, -0.2) is 29.9 Å². The summed E-state index contributed by atoms with van der Waals surface area (Å²) < 4.78 is 27.0. The molecule has 533 valence electrons. The van der Waals surface area contributed by atoms with Gasteiger partial charge in [-0.3, -0.25) is 0 Å². The van der Waals surface area contributed by atoms with Crippen molar-refractivity contribution in [2.45, 2.75) is 49.7 Å². The van der Waals surface area contributed by atoms with Crippen LogP contribution in [0.3, 0.4) is 0 Å². The fraction of sp³-hybridized carbons (Fsp3) is 0.0816. The van der Waals surface area contributed by atoms with Crippen molar-refractivity contribution < 1.29 is 18.8 Å². The molecule has 14 aromatic carbocycles. The predicted molar refractivity (Wildman–Crippen MR) is 450 cm³/mol. The van der Waals surface area contributed by atoms with Crippen molar-refractivity contribution in [1.82, 2.24) is 29.9 Å². The molecule has 3 aliphatic rings. The predicted octanol–water partition coefficient (Wildman–Crippen LogP) is 22.8. The lowest BCUT2D eigenvalue weighted by molar-refractivity contribution is 0.00578. The normalized spacial score (nSPS) is 14.1. The molecule has 13 heteroatoms. The van der Waals surface area contributed by atoms with E-state index in [2.05, 4.69) is 267 Å². The molecular weight excluding hydrogens is 1430 g/mol. The Bertz CT molecular complexity index is 5710. The molecule has 5 heterocycles. The summed E-state index contributed by atoms with van der Waals surface area (Å²) in [5.74, 6) is 7.32. The zero-order valence-electron chi connectivity index (χ0n) is 61.6. The van der Waals surface area contributed by atoms with Crippen molar-refractivity contribution in [3.63, 3.8) is 0 Å². The van der Waals surface area contributed by atoms with Crippen LogP contribution in [0.25, 0.3) is 79.5 Å². The Morgan fingerprint density at radius 2 is 0.495 bits per heavy atom. The molecule has 0 spiro atoms. The monoisotopic (exact) mass is 1500 g/mol. The van der Waals surface area contributed by atoms with E-state index in [1.807, 2.05) is 158 Å². The van der Waals surface area contributed by atoms with Gasteiger partial charge in [0.1, 0.15) is 23.0 Å². The van der Waals surface area contributed by atoms with Gasteiger partial charge in [0.15, 0.2) is 34.9 Å².